The minimum atomic E-state index is 0.226. The van der Waals surface area contributed by atoms with Crippen LogP contribution < -0.4 is 0 Å². The van der Waals surface area contributed by atoms with Gasteiger partial charge >= 0.3 is 0 Å². The molecule has 82 valence electrons. The molecule has 0 aliphatic carbocycles. The van der Waals surface area contributed by atoms with Gasteiger partial charge in [0, 0.05) is 24.9 Å². The number of hydrogen-bond acceptors (Lipinski definition) is 2. The summed E-state index contributed by atoms with van der Waals surface area (Å²) >= 11 is 1.84. The largest absolute Gasteiger partial charge is 0.343 e. The number of carbonyl (C=O) groups excluding carboxylic acids is 1. The molecule has 0 saturated carbocycles. The van der Waals surface area contributed by atoms with Crippen molar-refractivity contribution in [3.8, 4) is 0 Å². The van der Waals surface area contributed by atoms with Crippen LogP contribution in [0.5, 0.6) is 0 Å². The molecule has 0 atom stereocenters. The second kappa shape index (κ2) is 4.79. The fourth-order valence-corrected chi connectivity index (χ4v) is 2.99. The van der Waals surface area contributed by atoms with Gasteiger partial charge in [-0.05, 0) is 36.6 Å². The van der Waals surface area contributed by atoms with E-state index in [0.29, 0.717) is 0 Å². The van der Waals surface area contributed by atoms with E-state index in [4.69, 9.17) is 0 Å². The first-order valence-electron chi connectivity index (χ1n) is 5.53. The lowest BCUT2D eigenvalue weighted by Crippen LogP contribution is -2.37. The van der Waals surface area contributed by atoms with Gasteiger partial charge in [-0.15, -0.1) is 11.3 Å². The zero-order chi connectivity index (χ0) is 10.7. The van der Waals surface area contributed by atoms with E-state index >= 15 is 0 Å². The SMILES string of the molecule is CC(=O)N1CCC(Cc2cccs2)CC1. The Kier molecular flexibility index (Phi) is 3.41. The van der Waals surface area contributed by atoms with Gasteiger partial charge in [0.1, 0.15) is 0 Å². The molecule has 15 heavy (non-hydrogen) atoms. The number of thiophene rings is 1. The van der Waals surface area contributed by atoms with Crippen molar-refractivity contribution in [1.82, 2.24) is 4.90 Å². The Hall–Kier alpha value is -0.830. The summed E-state index contributed by atoms with van der Waals surface area (Å²) in [7, 11) is 0. The van der Waals surface area contributed by atoms with Crippen LogP contribution in [0.25, 0.3) is 0 Å². The Morgan fingerprint density at radius 2 is 2.27 bits per heavy atom. The van der Waals surface area contributed by atoms with Crippen LogP contribution in [-0.2, 0) is 11.2 Å². The molecular weight excluding hydrogens is 206 g/mol. The van der Waals surface area contributed by atoms with Gasteiger partial charge in [0.2, 0.25) is 5.91 Å². The van der Waals surface area contributed by atoms with Crippen molar-refractivity contribution < 1.29 is 4.79 Å². The van der Waals surface area contributed by atoms with E-state index in [1.807, 2.05) is 16.2 Å². The van der Waals surface area contributed by atoms with Crippen LogP contribution in [0.1, 0.15) is 24.6 Å². The van der Waals surface area contributed by atoms with Crippen LogP contribution in [0.15, 0.2) is 17.5 Å². The molecule has 1 aromatic rings. The third kappa shape index (κ3) is 2.81. The maximum absolute atomic E-state index is 11.2. The van der Waals surface area contributed by atoms with Gasteiger partial charge < -0.3 is 4.90 Å². The van der Waals surface area contributed by atoms with Gasteiger partial charge in [-0.2, -0.15) is 0 Å². The molecule has 1 fully saturated rings. The predicted molar refractivity (Wildman–Crippen MR) is 63.0 cm³/mol. The molecule has 0 aromatic carbocycles. The predicted octanol–water partition coefficient (Wildman–Crippen LogP) is 2.55. The maximum Gasteiger partial charge on any atom is 0.219 e. The molecule has 0 radical (unpaired) electrons. The van der Waals surface area contributed by atoms with Crippen LogP contribution in [0.2, 0.25) is 0 Å². The molecule has 0 N–H and O–H groups in total. The first-order valence-corrected chi connectivity index (χ1v) is 6.41. The van der Waals surface area contributed by atoms with Gasteiger partial charge in [0.05, 0.1) is 0 Å². The van der Waals surface area contributed by atoms with Gasteiger partial charge in [-0.25, -0.2) is 0 Å². The molecule has 1 aliphatic heterocycles. The minimum Gasteiger partial charge on any atom is -0.343 e. The van der Waals surface area contributed by atoms with Crippen LogP contribution in [0, 0.1) is 5.92 Å². The summed E-state index contributed by atoms with van der Waals surface area (Å²) in [4.78, 5) is 14.6. The molecule has 1 aliphatic rings. The zero-order valence-corrected chi connectivity index (χ0v) is 9.93. The number of likely N-dealkylation sites (tertiary alicyclic amines) is 1. The van der Waals surface area contributed by atoms with Crippen molar-refractivity contribution >= 4 is 17.2 Å². The highest BCUT2D eigenvalue weighted by molar-refractivity contribution is 7.09. The average molecular weight is 223 g/mol. The molecule has 0 bridgehead atoms. The van der Waals surface area contributed by atoms with Gasteiger partial charge in [-0.3, -0.25) is 4.79 Å². The summed E-state index contributed by atoms with van der Waals surface area (Å²) < 4.78 is 0. The van der Waals surface area contributed by atoms with Crippen LogP contribution in [0.4, 0.5) is 0 Å². The quantitative estimate of drug-likeness (QED) is 0.754. The summed E-state index contributed by atoms with van der Waals surface area (Å²) in [6, 6.07) is 4.33. The van der Waals surface area contributed by atoms with E-state index in [-0.39, 0.29) is 5.91 Å². The molecule has 3 heteroatoms. The Balaban J connectivity index is 1.81. The standard InChI is InChI=1S/C12H17NOS/c1-10(14)13-6-4-11(5-7-13)9-12-3-2-8-15-12/h2-3,8,11H,4-7,9H2,1H3. The normalized spacial score (nSPS) is 18.1. The number of hydrogen-bond donors (Lipinski definition) is 0. The second-order valence-corrected chi connectivity index (χ2v) is 5.27. The topological polar surface area (TPSA) is 20.3 Å². The summed E-state index contributed by atoms with van der Waals surface area (Å²) in [6.45, 7) is 3.57. The van der Waals surface area contributed by atoms with Crippen LogP contribution in [-0.4, -0.2) is 23.9 Å². The monoisotopic (exact) mass is 223 g/mol. The van der Waals surface area contributed by atoms with Crippen LogP contribution in [0.3, 0.4) is 0 Å². The third-order valence-corrected chi connectivity index (χ3v) is 4.03. The van der Waals surface area contributed by atoms with E-state index < -0.39 is 0 Å². The lowest BCUT2D eigenvalue weighted by molar-refractivity contribution is -0.130. The highest BCUT2D eigenvalue weighted by Crippen LogP contribution is 2.23. The Labute approximate surface area is 94.9 Å². The summed E-state index contributed by atoms with van der Waals surface area (Å²) in [5.41, 5.74) is 0. The van der Waals surface area contributed by atoms with Crippen molar-refractivity contribution in [2.75, 3.05) is 13.1 Å². The first-order chi connectivity index (χ1) is 7.25. The van der Waals surface area contributed by atoms with Crippen molar-refractivity contribution in [2.24, 2.45) is 5.92 Å². The van der Waals surface area contributed by atoms with E-state index in [1.54, 1.807) is 6.92 Å². The van der Waals surface area contributed by atoms with Gasteiger partial charge in [0.15, 0.2) is 0 Å². The van der Waals surface area contributed by atoms with Gasteiger partial charge in [-0.1, -0.05) is 6.07 Å². The fraction of sp³-hybridized carbons (Fsp3) is 0.583. The summed E-state index contributed by atoms with van der Waals surface area (Å²) in [5.74, 6) is 1.00. The number of piperidine rings is 1. The minimum absolute atomic E-state index is 0.226. The lowest BCUT2D eigenvalue weighted by Gasteiger charge is -2.31. The molecule has 0 spiro atoms. The highest BCUT2D eigenvalue weighted by Gasteiger charge is 2.20. The maximum atomic E-state index is 11.2. The van der Waals surface area contributed by atoms with E-state index in [2.05, 4.69) is 17.5 Å². The smallest absolute Gasteiger partial charge is 0.219 e. The van der Waals surface area contributed by atoms with E-state index in [0.717, 1.165) is 31.8 Å². The van der Waals surface area contributed by atoms with E-state index in [1.165, 1.54) is 11.3 Å². The number of nitrogens with zero attached hydrogens (tertiary/aromatic N) is 1. The number of amides is 1. The highest BCUT2D eigenvalue weighted by atomic mass is 32.1. The Morgan fingerprint density at radius 3 is 2.80 bits per heavy atom. The van der Waals surface area contributed by atoms with E-state index in [9.17, 15) is 4.79 Å². The number of carbonyl (C=O) groups is 1. The molecule has 0 unspecified atom stereocenters. The first kappa shape index (κ1) is 10.7. The van der Waals surface area contributed by atoms with Gasteiger partial charge in [0.25, 0.3) is 0 Å². The number of rotatable bonds is 2. The average Bonchev–Trinajstić information content (AvgIpc) is 2.71. The van der Waals surface area contributed by atoms with Crippen LogP contribution >= 0.6 is 11.3 Å². The Morgan fingerprint density at radius 1 is 1.53 bits per heavy atom. The van der Waals surface area contributed by atoms with Crippen molar-refractivity contribution in [1.29, 1.82) is 0 Å². The molecule has 2 nitrogen and oxygen atoms in total. The van der Waals surface area contributed by atoms with Crippen molar-refractivity contribution in [2.45, 2.75) is 26.2 Å². The van der Waals surface area contributed by atoms with Crippen molar-refractivity contribution in [3.05, 3.63) is 22.4 Å². The lowest BCUT2D eigenvalue weighted by atomic mass is 9.93. The molecule has 2 rings (SSSR count). The summed E-state index contributed by atoms with van der Waals surface area (Å²) in [6.07, 6.45) is 3.53. The third-order valence-electron chi connectivity index (χ3n) is 3.13. The zero-order valence-electron chi connectivity index (χ0n) is 9.11. The molecule has 1 aromatic heterocycles. The fourth-order valence-electron chi connectivity index (χ4n) is 2.17. The molecule has 2 heterocycles. The molecular formula is C12H17NOS. The van der Waals surface area contributed by atoms with Crippen molar-refractivity contribution in [3.63, 3.8) is 0 Å². The molecule has 1 saturated heterocycles. The second-order valence-electron chi connectivity index (χ2n) is 4.23. The molecule has 1 amide bonds. The summed E-state index contributed by atoms with van der Waals surface area (Å²) in [5, 5.41) is 2.14. The Bertz CT molecular complexity index is 312.